The predicted molar refractivity (Wildman–Crippen MR) is 83.4 cm³/mol. The first kappa shape index (κ1) is 20.5. The number of carbonyl (C=O) groups excluding carboxylic acids is 1. The smallest absolute Gasteiger partial charge is 0.236 e. The Bertz CT molecular complexity index is 614. The third kappa shape index (κ3) is 4.49. The zero-order chi connectivity index (χ0) is 16.3. The molecule has 1 aromatic carbocycles. The van der Waals surface area contributed by atoms with E-state index in [1.54, 1.807) is 6.92 Å². The second-order valence-electron chi connectivity index (χ2n) is 4.64. The van der Waals surface area contributed by atoms with Gasteiger partial charge in [0.1, 0.15) is 12.4 Å². The molecule has 23 heavy (non-hydrogen) atoms. The van der Waals surface area contributed by atoms with Gasteiger partial charge in [-0.25, -0.2) is 14.9 Å². The number of rotatable bonds is 5. The first-order chi connectivity index (χ1) is 10.5. The molecule has 0 bridgehead atoms. The van der Waals surface area contributed by atoms with Crippen LogP contribution in [0.15, 0.2) is 24.8 Å². The molecule has 2 rings (SSSR count). The molecule has 1 aliphatic rings. The molecule has 3 nitrogen and oxygen atoms in total. The molecule has 121 valence electrons. The molecule has 0 N–H and O–H groups in total. The van der Waals surface area contributed by atoms with E-state index in [-0.39, 0.29) is 68.7 Å². The van der Waals surface area contributed by atoms with Crippen LogP contribution in [0.1, 0.15) is 18.9 Å². The van der Waals surface area contributed by atoms with Crippen LogP contribution in [0, 0.1) is 17.7 Å². The average Bonchev–Trinajstić information content (AvgIpc) is 2.48. The second kappa shape index (κ2) is 9.04. The largest absolute Gasteiger partial charge is 0.489 e. The zero-order valence-corrected chi connectivity index (χ0v) is 17.0. The number of nitrogens with zero attached hydrogens (tertiary/aromatic N) is 1. The van der Waals surface area contributed by atoms with Gasteiger partial charge in [0.15, 0.2) is 0 Å². The number of amides is 1. The quantitative estimate of drug-likeness (QED) is 0.382. The Morgan fingerprint density at radius 2 is 2.09 bits per heavy atom. The standard InChI is InChI=1S/C16H15BrF2NO2.Y/c1-3-7-22-10-8-12(18)15(13(19)9-10)14-6-5-11(17)16(21)20(14)4-2;/h3,8-9,11H,1,4-5,7H2,2H3;/q-1;. The van der Waals surface area contributed by atoms with E-state index in [0.29, 0.717) is 6.54 Å². The van der Waals surface area contributed by atoms with E-state index < -0.39 is 16.5 Å². The van der Waals surface area contributed by atoms with Crippen molar-refractivity contribution in [2.75, 3.05) is 13.2 Å². The molecule has 1 amide bonds. The van der Waals surface area contributed by atoms with Crippen LogP contribution in [-0.4, -0.2) is 28.8 Å². The molecule has 1 unspecified atom stereocenters. The number of benzene rings is 1. The molecular weight excluding hydrogens is 445 g/mol. The molecule has 0 aliphatic carbocycles. The summed E-state index contributed by atoms with van der Waals surface area (Å²) in [6.07, 6.45) is 4.64. The van der Waals surface area contributed by atoms with Crippen LogP contribution in [0.5, 0.6) is 5.75 Å². The van der Waals surface area contributed by atoms with E-state index in [1.165, 1.54) is 11.0 Å². The molecule has 1 radical (unpaired) electrons. The Kier molecular flexibility index (Phi) is 8.04. The predicted octanol–water partition coefficient (Wildman–Crippen LogP) is 3.69. The van der Waals surface area contributed by atoms with Crippen molar-refractivity contribution in [3.8, 4) is 5.75 Å². The number of hydrogen-bond donors (Lipinski definition) is 0. The summed E-state index contributed by atoms with van der Waals surface area (Å²) < 4.78 is 33.7. The number of allylic oxidation sites excluding steroid dienone is 1. The van der Waals surface area contributed by atoms with Crippen molar-refractivity contribution in [1.29, 1.82) is 0 Å². The summed E-state index contributed by atoms with van der Waals surface area (Å²) in [4.78, 5) is 13.0. The third-order valence-corrected chi connectivity index (χ3v) is 3.90. The van der Waals surface area contributed by atoms with Crippen molar-refractivity contribution in [3.63, 3.8) is 0 Å². The maximum atomic E-state index is 14.3. The van der Waals surface area contributed by atoms with Crippen LogP contribution in [0.3, 0.4) is 0 Å². The molecule has 1 aliphatic heterocycles. The third-order valence-electron chi connectivity index (χ3n) is 3.19. The van der Waals surface area contributed by atoms with Crippen LogP contribution in [-0.2, 0) is 37.5 Å². The molecule has 0 saturated heterocycles. The molecule has 0 saturated carbocycles. The average molecular weight is 460 g/mol. The van der Waals surface area contributed by atoms with Crippen molar-refractivity contribution in [1.82, 2.24) is 4.90 Å². The molecule has 1 atom stereocenters. The molecule has 1 heterocycles. The fourth-order valence-electron chi connectivity index (χ4n) is 2.20. The number of hydrogen-bond acceptors (Lipinski definition) is 2. The summed E-state index contributed by atoms with van der Waals surface area (Å²) in [7, 11) is 0. The van der Waals surface area contributed by atoms with Crippen LogP contribution < -0.4 is 4.74 Å². The Morgan fingerprint density at radius 1 is 1.48 bits per heavy atom. The summed E-state index contributed by atoms with van der Waals surface area (Å²) >= 11 is 3.23. The van der Waals surface area contributed by atoms with E-state index in [2.05, 4.69) is 28.6 Å². The SMILES string of the molecule is C=CCOc1cc(F)c(C2=[C-]CC(Br)C(=O)N2CC)c(F)c1.[Y]. The molecule has 1 aromatic rings. The fraction of sp³-hybridized carbons (Fsp3) is 0.312. The van der Waals surface area contributed by atoms with Crippen molar-refractivity contribution in [2.24, 2.45) is 0 Å². The van der Waals surface area contributed by atoms with E-state index >= 15 is 0 Å². The Labute approximate surface area is 167 Å². The molecule has 7 heteroatoms. The normalized spacial score (nSPS) is 17.4. The summed E-state index contributed by atoms with van der Waals surface area (Å²) in [5, 5.41) is 0. The first-order valence-corrected chi connectivity index (χ1v) is 7.70. The van der Waals surface area contributed by atoms with Gasteiger partial charge in [-0.3, -0.25) is 4.79 Å². The topological polar surface area (TPSA) is 29.5 Å². The molecule has 0 fully saturated rings. The minimum atomic E-state index is -0.791. The molecular formula is C16H15BrF2NO2Y-. The van der Waals surface area contributed by atoms with Gasteiger partial charge in [0.2, 0.25) is 5.91 Å². The summed E-state index contributed by atoms with van der Waals surface area (Å²) in [6.45, 7) is 5.66. The first-order valence-electron chi connectivity index (χ1n) is 6.79. The maximum Gasteiger partial charge on any atom is 0.236 e. The van der Waals surface area contributed by atoms with Gasteiger partial charge >= 0.3 is 0 Å². The Balaban J connectivity index is 0.00000264. The van der Waals surface area contributed by atoms with Crippen LogP contribution in [0.2, 0.25) is 0 Å². The van der Waals surface area contributed by atoms with Gasteiger partial charge in [-0.1, -0.05) is 40.6 Å². The second-order valence-corrected chi connectivity index (χ2v) is 5.75. The number of ether oxygens (including phenoxy) is 1. The monoisotopic (exact) mass is 459 g/mol. The van der Waals surface area contributed by atoms with Gasteiger partial charge in [0.05, 0.1) is 16.5 Å². The Morgan fingerprint density at radius 3 is 2.61 bits per heavy atom. The molecule has 0 aromatic heterocycles. The number of halogens is 3. The van der Waals surface area contributed by atoms with Gasteiger partial charge in [-0.15, -0.1) is 5.70 Å². The van der Waals surface area contributed by atoms with Crippen molar-refractivity contribution >= 4 is 27.5 Å². The van der Waals surface area contributed by atoms with E-state index in [1.807, 2.05) is 0 Å². The number of carbonyl (C=O) groups is 1. The Hall–Kier alpha value is -0.586. The summed E-state index contributed by atoms with van der Waals surface area (Å²) in [5.41, 5.74) is -0.131. The van der Waals surface area contributed by atoms with Crippen molar-refractivity contribution in [3.05, 3.63) is 48.1 Å². The fourth-order valence-corrected chi connectivity index (χ4v) is 2.61. The van der Waals surface area contributed by atoms with Gasteiger partial charge in [-0.2, -0.15) is 0 Å². The van der Waals surface area contributed by atoms with Crippen LogP contribution in [0.4, 0.5) is 8.78 Å². The number of alkyl halides is 1. The van der Waals surface area contributed by atoms with Crippen molar-refractivity contribution in [2.45, 2.75) is 18.2 Å². The van der Waals surface area contributed by atoms with Crippen LogP contribution in [0.25, 0.3) is 5.70 Å². The zero-order valence-electron chi connectivity index (χ0n) is 12.6. The van der Waals surface area contributed by atoms with Crippen molar-refractivity contribution < 1.29 is 51.0 Å². The van der Waals surface area contributed by atoms with E-state index in [9.17, 15) is 13.6 Å². The van der Waals surface area contributed by atoms with E-state index in [4.69, 9.17) is 4.74 Å². The minimum Gasteiger partial charge on any atom is -0.489 e. The minimum absolute atomic E-state index is 0. The van der Waals surface area contributed by atoms with Gasteiger partial charge in [0.25, 0.3) is 0 Å². The van der Waals surface area contributed by atoms with Gasteiger partial charge in [-0.05, 0) is 19.1 Å². The van der Waals surface area contributed by atoms with E-state index in [0.717, 1.165) is 12.1 Å². The van der Waals surface area contributed by atoms with Gasteiger partial charge < -0.3 is 9.64 Å². The summed E-state index contributed by atoms with van der Waals surface area (Å²) in [5.74, 6) is -1.74. The van der Waals surface area contributed by atoms with Gasteiger partial charge in [0, 0.05) is 39.3 Å². The maximum absolute atomic E-state index is 14.3. The van der Waals surface area contributed by atoms with Crippen LogP contribution >= 0.6 is 15.9 Å². The summed E-state index contributed by atoms with van der Waals surface area (Å²) in [6, 6.07) is 2.18. The molecule has 0 spiro atoms.